The summed E-state index contributed by atoms with van der Waals surface area (Å²) in [7, 11) is 0. The van der Waals surface area contributed by atoms with E-state index in [-0.39, 0.29) is 13.0 Å². The molecule has 176 valence electrons. The van der Waals surface area contributed by atoms with Crippen LogP contribution in [-0.2, 0) is 11.2 Å². The zero-order chi connectivity index (χ0) is 24.1. The van der Waals surface area contributed by atoms with Gasteiger partial charge in [-0.1, -0.05) is 17.7 Å². The summed E-state index contributed by atoms with van der Waals surface area (Å²) in [6.45, 7) is 0.548. The van der Waals surface area contributed by atoms with Gasteiger partial charge in [-0.3, -0.25) is 9.59 Å². The van der Waals surface area contributed by atoms with Crippen LogP contribution in [0, 0.1) is 11.3 Å². The number of ether oxygens (including phenoxy) is 2. The number of rotatable bonds is 3. The van der Waals surface area contributed by atoms with Gasteiger partial charge in [-0.05, 0) is 67.1 Å². The molecule has 0 unspecified atom stereocenters. The molecule has 1 atom stereocenters. The normalized spacial score (nSPS) is 20.0. The van der Waals surface area contributed by atoms with Gasteiger partial charge in [-0.2, -0.15) is 5.26 Å². The Balaban J connectivity index is 1.68. The van der Waals surface area contributed by atoms with E-state index in [9.17, 15) is 14.9 Å². The standard InChI is InChI=1S/C25H24ClN3O4S/c1-34-17-5-7-21-18(14-17)23(30)28-20(24(31)29-25(15-27)8-9-25)13-16-4-6-22(19(26)12-16)33-11-3-2-10-32-21/h2-7,12,14,20H,8-11,13H2,1H3,(H,28,30)(H,29,31)/b3-2-/t20-/m0/s1. The average molecular weight is 498 g/mol. The minimum atomic E-state index is -0.917. The molecular weight excluding hydrogens is 474 g/mol. The van der Waals surface area contributed by atoms with Gasteiger partial charge in [-0.15, -0.1) is 11.8 Å². The summed E-state index contributed by atoms with van der Waals surface area (Å²) in [5.74, 6) is 0.0741. The molecule has 1 fully saturated rings. The third-order valence-electron chi connectivity index (χ3n) is 5.65. The maximum Gasteiger partial charge on any atom is 0.255 e. The molecule has 2 heterocycles. The van der Waals surface area contributed by atoms with Crippen molar-refractivity contribution in [2.24, 2.45) is 0 Å². The molecule has 0 spiro atoms. The third-order valence-corrected chi connectivity index (χ3v) is 6.67. The maximum atomic E-state index is 13.3. The van der Waals surface area contributed by atoms with Crippen LogP contribution in [0.1, 0.15) is 28.8 Å². The number of carbonyl (C=O) groups is 2. The van der Waals surface area contributed by atoms with Crippen LogP contribution in [0.25, 0.3) is 0 Å². The number of nitrogens with zero attached hydrogens (tertiary/aromatic N) is 1. The molecule has 9 heteroatoms. The molecule has 2 amide bonds. The Kier molecular flexibility index (Phi) is 7.35. The molecule has 2 N–H and O–H groups in total. The van der Waals surface area contributed by atoms with Gasteiger partial charge in [0.25, 0.3) is 5.91 Å². The lowest BCUT2D eigenvalue weighted by Crippen LogP contribution is -2.51. The number of hydrogen-bond acceptors (Lipinski definition) is 6. The van der Waals surface area contributed by atoms with Crippen molar-refractivity contribution in [3.63, 3.8) is 0 Å². The Hall–Kier alpha value is -3.15. The number of benzene rings is 2. The van der Waals surface area contributed by atoms with E-state index in [1.807, 2.05) is 24.5 Å². The maximum absolute atomic E-state index is 13.3. The van der Waals surface area contributed by atoms with E-state index in [2.05, 4.69) is 16.7 Å². The highest BCUT2D eigenvalue weighted by Gasteiger charge is 2.45. The first kappa shape index (κ1) is 24.0. The van der Waals surface area contributed by atoms with E-state index in [1.54, 1.807) is 30.3 Å². The summed E-state index contributed by atoms with van der Waals surface area (Å²) < 4.78 is 11.5. The van der Waals surface area contributed by atoms with Gasteiger partial charge < -0.3 is 20.1 Å². The van der Waals surface area contributed by atoms with Gasteiger partial charge in [0.1, 0.15) is 36.3 Å². The van der Waals surface area contributed by atoms with Crippen molar-refractivity contribution in [3.05, 3.63) is 64.7 Å². The largest absolute Gasteiger partial charge is 0.489 e. The van der Waals surface area contributed by atoms with E-state index in [1.165, 1.54) is 11.8 Å². The predicted molar refractivity (Wildman–Crippen MR) is 130 cm³/mol. The fourth-order valence-corrected chi connectivity index (χ4v) is 4.23. The van der Waals surface area contributed by atoms with Crippen molar-refractivity contribution >= 4 is 35.2 Å². The van der Waals surface area contributed by atoms with Crippen molar-refractivity contribution in [2.45, 2.75) is 35.7 Å². The topological polar surface area (TPSA) is 100 Å². The van der Waals surface area contributed by atoms with Gasteiger partial charge in [0, 0.05) is 11.3 Å². The summed E-state index contributed by atoms with van der Waals surface area (Å²) in [6, 6.07) is 11.9. The first-order chi connectivity index (χ1) is 16.4. The number of nitriles is 1. The van der Waals surface area contributed by atoms with Gasteiger partial charge >= 0.3 is 0 Å². The van der Waals surface area contributed by atoms with E-state index < -0.39 is 23.4 Å². The minimum Gasteiger partial charge on any atom is -0.489 e. The van der Waals surface area contributed by atoms with E-state index in [0.717, 1.165) is 10.5 Å². The molecule has 3 aliphatic rings. The van der Waals surface area contributed by atoms with E-state index in [4.69, 9.17) is 21.1 Å². The molecule has 34 heavy (non-hydrogen) atoms. The second-order valence-electron chi connectivity index (χ2n) is 8.13. The van der Waals surface area contributed by atoms with Crippen molar-refractivity contribution in [1.82, 2.24) is 10.6 Å². The molecule has 0 saturated heterocycles. The van der Waals surface area contributed by atoms with E-state index in [0.29, 0.717) is 41.5 Å². The first-order valence-electron chi connectivity index (χ1n) is 10.8. The number of nitrogens with one attached hydrogen (secondary N) is 2. The smallest absolute Gasteiger partial charge is 0.255 e. The minimum absolute atomic E-state index is 0.192. The zero-order valence-corrected chi connectivity index (χ0v) is 20.2. The number of thioether (sulfide) groups is 1. The predicted octanol–water partition coefficient (Wildman–Crippen LogP) is 3.90. The molecule has 7 nitrogen and oxygen atoms in total. The lowest BCUT2D eigenvalue weighted by Gasteiger charge is -2.22. The van der Waals surface area contributed by atoms with Gasteiger partial charge in [0.05, 0.1) is 16.7 Å². The van der Waals surface area contributed by atoms with Gasteiger partial charge in [0.15, 0.2) is 0 Å². The summed E-state index contributed by atoms with van der Waals surface area (Å²) in [5.41, 5.74) is 0.221. The summed E-state index contributed by atoms with van der Waals surface area (Å²) in [4.78, 5) is 27.4. The van der Waals surface area contributed by atoms with Crippen molar-refractivity contribution < 1.29 is 19.1 Å². The van der Waals surface area contributed by atoms with Crippen LogP contribution >= 0.6 is 23.4 Å². The van der Waals surface area contributed by atoms with Crippen LogP contribution < -0.4 is 20.1 Å². The van der Waals surface area contributed by atoms with Crippen LogP contribution in [0.4, 0.5) is 0 Å². The van der Waals surface area contributed by atoms with E-state index >= 15 is 0 Å². The lowest BCUT2D eigenvalue weighted by atomic mass is 10.0. The molecule has 1 aliphatic carbocycles. The Labute approximate surface area is 207 Å². The second kappa shape index (κ2) is 10.4. The van der Waals surface area contributed by atoms with Gasteiger partial charge in [0.2, 0.25) is 5.91 Å². The molecule has 0 aromatic heterocycles. The zero-order valence-electron chi connectivity index (χ0n) is 18.6. The lowest BCUT2D eigenvalue weighted by molar-refractivity contribution is -0.123. The molecule has 2 aromatic rings. The Morgan fingerprint density at radius 1 is 1.18 bits per heavy atom. The summed E-state index contributed by atoms with van der Waals surface area (Å²) in [5, 5.41) is 15.5. The fourth-order valence-electron chi connectivity index (χ4n) is 3.53. The number of amides is 2. The third kappa shape index (κ3) is 5.66. The highest BCUT2D eigenvalue weighted by atomic mass is 35.5. The summed E-state index contributed by atoms with van der Waals surface area (Å²) >= 11 is 7.88. The Morgan fingerprint density at radius 3 is 2.53 bits per heavy atom. The van der Waals surface area contributed by atoms with Crippen LogP contribution in [-0.4, -0.2) is 42.9 Å². The van der Waals surface area contributed by atoms with Crippen LogP contribution in [0.15, 0.2) is 53.4 Å². The Bertz CT molecular complexity index is 1170. The molecule has 1 saturated carbocycles. The van der Waals surface area contributed by atoms with Crippen LogP contribution in [0.5, 0.6) is 11.5 Å². The number of hydrogen-bond donors (Lipinski definition) is 2. The number of halogens is 1. The molecule has 2 aromatic carbocycles. The summed E-state index contributed by atoms with van der Waals surface area (Å²) in [6.07, 6.45) is 6.90. The monoisotopic (exact) mass is 497 g/mol. The van der Waals surface area contributed by atoms with Crippen molar-refractivity contribution in [1.29, 1.82) is 5.26 Å². The molecule has 2 aliphatic heterocycles. The number of fused-ring (bicyclic) bond motifs is 9. The quantitative estimate of drug-likeness (QED) is 0.492. The highest BCUT2D eigenvalue weighted by molar-refractivity contribution is 7.98. The molecule has 0 radical (unpaired) electrons. The number of carbonyl (C=O) groups excluding carboxylic acids is 2. The second-order valence-corrected chi connectivity index (χ2v) is 9.42. The van der Waals surface area contributed by atoms with Gasteiger partial charge in [-0.25, -0.2) is 0 Å². The van der Waals surface area contributed by atoms with Crippen molar-refractivity contribution in [3.8, 4) is 17.6 Å². The highest BCUT2D eigenvalue weighted by Crippen LogP contribution is 2.34. The average Bonchev–Trinajstić information content (AvgIpc) is 3.61. The van der Waals surface area contributed by atoms with Crippen molar-refractivity contribution in [2.75, 3.05) is 19.5 Å². The first-order valence-corrected chi connectivity index (χ1v) is 12.4. The molecule has 2 bridgehead atoms. The SMILES string of the molecule is CSc1ccc2c(c1)C(=O)N[C@H](C(=O)NC1(C#N)CC1)Cc1ccc(c(Cl)c1)OC/C=C\CO2. The van der Waals surface area contributed by atoms with Crippen LogP contribution in [0.3, 0.4) is 0 Å². The Morgan fingerprint density at radius 2 is 1.88 bits per heavy atom. The molecule has 5 rings (SSSR count). The fraction of sp³-hybridized carbons (Fsp3) is 0.320. The van der Waals surface area contributed by atoms with Crippen LogP contribution in [0.2, 0.25) is 5.02 Å². The molecular formula is C25H24ClN3O4S.